The topological polar surface area (TPSA) is 3.01 Å². The van der Waals surface area contributed by atoms with Crippen molar-refractivity contribution in [2.45, 2.75) is 27.7 Å². The zero-order chi connectivity index (χ0) is 24.4. The molecule has 0 amide bonds. The summed E-state index contributed by atoms with van der Waals surface area (Å²) in [5.41, 5.74) is 6.78. The average Bonchev–Trinajstić information content (AvgIpc) is 2.87. The van der Waals surface area contributed by atoms with Crippen molar-refractivity contribution in [3.8, 4) is 0 Å². The van der Waals surface area contributed by atoms with Crippen molar-refractivity contribution in [3.05, 3.63) is 131 Å². The van der Waals surface area contributed by atoms with E-state index in [0.717, 1.165) is 5.88 Å². The van der Waals surface area contributed by atoms with Gasteiger partial charge >= 0.3 is 8.24 Å². The Balaban J connectivity index is 1.80. The molecule has 5 rings (SSSR count). The van der Waals surface area contributed by atoms with Gasteiger partial charge in [-0.3, -0.25) is 4.24 Å². The zero-order valence-electron chi connectivity index (χ0n) is 21.0. The minimum atomic E-state index is -2.52. The standard InChI is InChI=1S/C32H32NSSi/c1-24-20-25(2)32(26(3)21-24)31-22-27(4)33(23-34-31)35(28-14-8-5-9-15-28,29-16-10-6-11-17-29)30-18-12-7-13-19-30/h5-22H,23H2,1-4H3/q+1. The van der Waals surface area contributed by atoms with E-state index >= 15 is 0 Å². The molecule has 0 aromatic heterocycles. The van der Waals surface area contributed by atoms with E-state index in [9.17, 15) is 0 Å². The summed E-state index contributed by atoms with van der Waals surface area (Å²) in [6, 6.07) is 38.1. The summed E-state index contributed by atoms with van der Waals surface area (Å²) < 4.78 is 2.72. The molecule has 1 aliphatic heterocycles. The summed E-state index contributed by atoms with van der Waals surface area (Å²) in [5, 5.41) is 4.24. The maximum Gasteiger partial charge on any atom is 0.457 e. The van der Waals surface area contributed by atoms with E-state index in [1.54, 1.807) is 0 Å². The zero-order valence-corrected chi connectivity index (χ0v) is 22.8. The predicted molar refractivity (Wildman–Crippen MR) is 156 cm³/mol. The van der Waals surface area contributed by atoms with E-state index in [4.69, 9.17) is 0 Å². The van der Waals surface area contributed by atoms with Crippen LogP contribution in [0.1, 0.15) is 29.2 Å². The van der Waals surface area contributed by atoms with Crippen molar-refractivity contribution in [2.24, 2.45) is 0 Å². The monoisotopic (exact) mass is 490 g/mol. The lowest BCUT2D eigenvalue weighted by Crippen LogP contribution is -2.75. The van der Waals surface area contributed by atoms with Gasteiger partial charge in [0.05, 0.1) is 0 Å². The maximum atomic E-state index is 2.72. The highest BCUT2D eigenvalue weighted by Gasteiger charge is 2.54. The van der Waals surface area contributed by atoms with E-state index in [0.29, 0.717) is 0 Å². The van der Waals surface area contributed by atoms with E-state index in [2.05, 4.69) is 141 Å². The summed E-state index contributed by atoms with van der Waals surface area (Å²) >= 11 is 1.97. The second-order valence-electron chi connectivity index (χ2n) is 9.43. The highest BCUT2D eigenvalue weighted by atomic mass is 32.2. The summed E-state index contributed by atoms with van der Waals surface area (Å²) in [4.78, 5) is 1.38. The van der Waals surface area contributed by atoms with Crippen LogP contribution in [0.5, 0.6) is 0 Å². The molecule has 4 aromatic rings. The Bertz CT molecular complexity index is 1290. The molecule has 0 saturated carbocycles. The van der Waals surface area contributed by atoms with Gasteiger partial charge in [-0.25, -0.2) is 0 Å². The normalized spacial score (nSPS) is 14.1. The maximum absolute atomic E-state index is 2.72. The molecule has 0 bridgehead atoms. The van der Waals surface area contributed by atoms with E-state index in [1.165, 1.54) is 48.4 Å². The van der Waals surface area contributed by atoms with Crippen LogP contribution in [0.25, 0.3) is 4.91 Å². The van der Waals surface area contributed by atoms with Gasteiger partial charge in [-0.1, -0.05) is 120 Å². The number of thioether (sulfide) groups is 1. The predicted octanol–water partition coefficient (Wildman–Crippen LogP) is 5.80. The van der Waals surface area contributed by atoms with Crippen LogP contribution < -0.4 is 15.6 Å². The van der Waals surface area contributed by atoms with E-state index < -0.39 is 8.24 Å². The van der Waals surface area contributed by atoms with Crippen LogP contribution in [-0.2, 0) is 0 Å². The number of aryl methyl sites for hydroxylation is 3. The van der Waals surface area contributed by atoms with Gasteiger partial charge in [0.2, 0.25) is 0 Å². The molecule has 1 aliphatic rings. The smallest absolute Gasteiger partial charge is 0.287 e. The molecule has 0 saturated heterocycles. The Morgan fingerprint density at radius 1 is 0.629 bits per heavy atom. The minimum absolute atomic E-state index is 0.926. The Morgan fingerprint density at radius 2 is 1.06 bits per heavy atom. The van der Waals surface area contributed by atoms with Crippen LogP contribution >= 0.6 is 11.8 Å². The van der Waals surface area contributed by atoms with Crippen molar-refractivity contribution < 1.29 is 4.24 Å². The molecule has 174 valence electrons. The molecule has 0 radical (unpaired) electrons. The van der Waals surface area contributed by atoms with Gasteiger partial charge in [-0.2, -0.15) is 0 Å². The molecule has 0 unspecified atom stereocenters. The lowest BCUT2D eigenvalue weighted by molar-refractivity contribution is -0.365. The lowest BCUT2D eigenvalue weighted by Gasteiger charge is -2.32. The van der Waals surface area contributed by atoms with Crippen LogP contribution in [0, 0.1) is 20.8 Å². The average molecular weight is 491 g/mol. The fourth-order valence-corrected chi connectivity index (χ4v) is 12.3. The van der Waals surface area contributed by atoms with Crippen molar-refractivity contribution in [2.75, 3.05) is 5.88 Å². The molecule has 0 N–H and O–H groups in total. The molecule has 3 heteroatoms. The minimum Gasteiger partial charge on any atom is -0.287 e. The van der Waals surface area contributed by atoms with Crippen LogP contribution in [0.2, 0.25) is 0 Å². The number of hydrogen-bond acceptors (Lipinski definition) is 1. The Morgan fingerprint density at radius 3 is 1.46 bits per heavy atom. The lowest BCUT2D eigenvalue weighted by atomic mass is 9.99. The third-order valence-corrected chi connectivity index (χ3v) is 13.1. The van der Waals surface area contributed by atoms with Crippen molar-refractivity contribution in [1.29, 1.82) is 0 Å². The molecule has 35 heavy (non-hydrogen) atoms. The molecule has 0 atom stereocenters. The molecule has 0 aliphatic carbocycles. The first-order valence-corrected chi connectivity index (χ1v) is 15.2. The summed E-state index contributed by atoms with van der Waals surface area (Å²) in [6.45, 7) is 8.98. The van der Waals surface area contributed by atoms with Crippen molar-refractivity contribution >= 4 is 46.2 Å². The summed E-state index contributed by atoms with van der Waals surface area (Å²) in [6.07, 6.45) is 2.43. The molecule has 1 nitrogen and oxygen atoms in total. The van der Waals surface area contributed by atoms with Gasteiger partial charge in [0.15, 0.2) is 11.6 Å². The molecule has 1 heterocycles. The van der Waals surface area contributed by atoms with Gasteiger partial charge in [-0.05, 0) is 37.5 Å². The number of benzene rings is 4. The Labute approximate surface area is 215 Å². The SMILES string of the molecule is CC1=[N+]([Si](c2ccccc2)(c2ccccc2)c2ccccc2)CSC(c2c(C)cc(C)cc2C)=C1. The van der Waals surface area contributed by atoms with Gasteiger partial charge in [0.25, 0.3) is 0 Å². The van der Waals surface area contributed by atoms with Gasteiger partial charge in [0, 0.05) is 33.5 Å². The number of hydrogen-bond donors (Lipinski definition) is 0. The van der Waals surface area contributed by atoms with Gasteiger partial charge in [-0.15, -0.1) is 0 Å². The first-order valence-electron chi connectivity index (χ1n) is 12.2. The van der Waals surface area contributed by atoms with E-state index in [1.807, 2.05) is 11.8 Å². The third-order valence-electron chi connectivity index (χ3n) is 7.02. The van der Waals surface area contributed by atoms with Crippen molar-refractivity contribution in [3.63, 3.8) is 0 Å². The molecular formula is C32H32NSSi+. The fraction of sp³-hybridized carbons (Fsp3) is 0.156. The number of nitrogens with zero attached hydrogens (tertiary/aromatic N) is 1. The van der Waals surface area contributed by atoms with E-state index in [-0.39, 0.29) is 0 Å². The van der Waals surface area contributed by atoms with Crippen LogP contribution in [-0.4, -0.2) is 24.1 Å². The highest BCUT2D eigenvalue weighted by molar-refractivity contribution is 8.08. The summed E-state index contributed by atoms with van der Waals surface area (Å²) in [5.74, 6) is 0.926. The van der Waals surface area contributed by atoms with Gasteiger partial charge < -0.3 is 0 Å². The second-order valence-corrected chi connectivity index (χ2v) is 14.1. The molecule has 0 spiro atoms. The van der Waals surface area contributed by atoms with Crippen LogP contribution in [0.4, 0.5) is 0 Å². The van der Waals surface area contributed by atoms with Crippen LogP contribution in [0.3, 0.4) is 0 Å². The highest BCUT2D eigenvalue weighted by Crippen LogP contribution is 2.36. The molecular weight excluding hydrogens is 459 g/mol. The first kappa shape index (κ1) is 23.6. The largest absolute Gasteiger partial charge is 0.457 e. The second kappa shape index (κ2) is 9.85. The Kier molecular flexibility index (Phi) is 6.64. The number of rotatable bonds is 5. The fourth-order valence-electron chi connectivity index (χ4n) is 5.63. The quantitative estimate of drug-likeness (QED) is 0.252. The van der Waals surface area contributed by atoms with Gasteiger partial charge in [0.1, 0.15) is 0 Å². The van der Waals surface area contributed by atoms with Crippen LogP contribution in [0.15, 0.2) is 109 Å². The number of allylic oxidation sites excluding steroid dienone is 1. The summed E-state index contributed by atoms with van der Waals surface area (Å²) in [7, 11) is -2.52. The van der Waals surface area contributed by atoms with Crippen molar-refractivity contribution in [1.82, 2.24) is 0 Å². The first-order chi connectivity index (χ1) is 17.0. The molecule has 4 aromatic carbocycles. The third kappa shape index (κ3) is 4.24. The Hall–Kier alpha value is -3.14. The molecule has 0 fully saturated rings.